The Morgan fingerprint density at radius 2 is 1.56 bits per heavy atom. The number of amides is 1. The molecule has 178 valence electrons. The molecule has 0 unspecified atom stereocenters. The quantitative estimate of drug-likeness (QED) is 0.455. The van der Waals surface area contributed by atoms with Crippen LogP contribution >= 0.6 is 0 Å². The van der Waals surface area contributed by atoms with E-state index in [1.807, 2.05) is 18.2 Å². The summed E-state index contributed by atoms with van der Waals surface area (Å²) in [5.41, 5.74) is 1.57. The van der Waals surface area contributed by atoms with Crippen molar-refractivity contribution in [1.29, 1.82) is 0 Å². The molecule has 0 fully saturated rings. The third kappa shape index (κ3) is 6.35. The molecule has 0 aliphatic heterocycles. The van der Waals surface area contributed by atoms with Gasteiger partial charge in [0.2, 0.25) is 15.9 Å². The maximum absolute atomic E-state index is 12.8. The molecule has 0 atom stereocenters. The molecule has 8 nitrogen and oxygen atoms in total. The van der Waals surface area contributed by atoms with Gasteiger partial charge in [-0.1, -0.05) is 24.3 Å². The van der Waals surface area contributed by atoms with Crippen LogP contribution in [-0.2, 0) is 19.6 Å². The van der Waals surface area contributed by atoms with Crippen molar-refractivity contribution in [3.05, 3.63) is 83.9 Å². The summed E-state index contributed by atoms with van der Waals surface area (Å²) in [6.45, 7) is 3.18. The maximum atomic E-state index is 12.8. The van der Waals surface area contributed by atoms with E-state index in [0.29, 0.717) is 34.0 Å². The molecule has 1 N–H and O–H groups in total. The smallest absolute Gasteiger partial charge is 0.338 e. The molecule has 3 aromatic rings. The molecule has 3 rings (SSSR count). The lowest BCUT2D eigenvalue weighted by molar-refractivity contribution is -0.114. The summed E-state index contributed by atoms with van der Waals surface area (Å²) in [6.07, 6.45) is 1.03. The number of nitrogens with one attached hydrogen (secondary N) is 1. The van der Waals surface area contributed by atoms with Crippen LogP contribution in [0.2, 0.25) is 0 Å². The molecule has 9 heteroatoms. The van der Waals surface area contributed by atoms with Gasteiger partial charge in [-0.3, -0.25) is 9.10 Å². The van der Waals surface area contributed by atoms with Crippen LogP contribution in [0, 0.1) is 6.92 Å². The van der Waals surface area contributed by atoms with Crippen molar-refractivity contribution in [2.45, 2.75) is 13.8 Å². The standard InChI is InChI=1S/C25H26N2O6S/c1-4-32-25(29)22-11-8-12-23(18(22)2)26-24(28)17-27(34(3,30)31)19-13-15-21(16-14-19)33-20-9-6-5-7-10-20/h5-16H,4,17H2,1-3H3,(H,26,28). The Morgan fingerprint density at radius 3 is 2.18 bits per heavy atom. The highest BCUT2D eigenvalue weighted by Gasteiger charge is 2.22. The fraction of sp³-hybridized carbons (Fsp3) is 0.200. The van der Waals surface area contributed by atoms with Crippen LogP contribution in [0.4, 0.5) is 11.4 Å². The molecule has 0 radical (unpaired) electrons. The van der Waals surface area contributed by atoms with Gasteiger partial charge in [0.15, 0.2) is 0 Å². The number of carbonyl (C=O) groups excluding carboxylic acids is 2. The van der Waals surface area contributed by atoms with Gasteiger partial charge >= 0.3 is 5.97 Å². The number of hydrogen-bond acceptors (Lipinski definition) is 6. The predicted octanol–water partition coefficient (Wildman–Crippen LogP) is 4.37. The van der Waals surface area contributed by atoms with Gasteiger partial charge in [0.1, 0.15) is 18.0 Å². The highest BCUT2D eigenvalue weighted by Crippen LogP contribution is 2.26. The number of nitrogens with zero attached hydrogens (tertiary/aromatic N) is 1. The minimum absolute atomic E-state index is 0.230. The topological polar surface area (TPSA) is 102 Å². The zero-order chi connectivity index (χ0) is 24.7. The summed E-state index contributed by atoms with van der Waals surface area (Å²) < 4.78 is 36.6. The fourth-order valence-corrected chi connectivity index (χ4v) is 4.08. The van der Waals surface area contributed by atoms with E-state index in [2.05, 4.69) is 5.32 Å². The highest BCUT2D eigenvalue weighted by molar-refractivity contribution is 7.92. The van der Waals surface area contributed by atoms with Crippen LogP contribution in [0.5, 0.6) is 11.5 Å². The first-order valence-corrected chi connectivity index (χ1v) is 12.4. The average Bonchev–Trinajstić information content (AvgIpc) is 2.80. The number of anilines is 2. The van der Waals surface area contributed by atoms with E-state index in [0.717, 1.165) is 10.6 Å². The number of hydrogen-bond donors (Lipinski definition) is 1. The Hall–Kier alpha value is -3.85. The van der Waals surface area contributed by atoms with Gasteiger partial charge in [-0.15, -0.1) is 0 Å². The van der Waals surface area contributed by atoms with Gasteiger partial charge in [0.05, 0.1) is 24.1 Å². The molecule has 0 saturated heterocycles. The van der Waals surface area contributed by atoms with E-state index in [1.54, 1.807) is 68.4 Å². The summed E-state index contributed by atoms with van der Waals surface area (Å²) >= 11 is 0. The van der Waals surface area contributed by atoms with Crippen molar-refractivity contribution >= 4 is 33.3 Å². The summed E-state index contributed by atoms with van der Waals surface area (Å²) in [7, 11) is -3.76. The summed E-state index contributed by atoms with van der Waals surface area (Å²) in [6, 6.07) is 20.4. The van der Waals surface area contributed by atoms with Crippen molar-refractivity contribution < 1.29 is 27.5 Å². The molecular formula is C25H26N2O6S. The van der Waals surface area contributed by atoms with Gasteiger partial charge in [-0.25, -0.2) is 13.2 Å². The van der Waals surface area contributed by atoms with Gasteiger partial charge in [-0.2, -0.15) is 0 Å². The lowest BCUT2D eigenvalue weighted by Gasteiger charge is -2.22. The van der Waals surface area contributed by atoms with E-state index in [4.69, 9.17) is 9.47 Å². The minimum Gasteiger partial charge on any atom is -0.462 e. The monoisotopic (exact) mass is 482 g/mol. The van der Waals surface area contributed by atoms with Crippen molar-refractivity contribution in [3.63, 3.8) is 0 Å². The van der Waals surface area contributed by atoms with Gasteiger partial charge < -0.3 is 14.8 Å². The normalized spacial score (nSPS) is 10.9. The first-order valence-electron chi connectivity index (χ1n) is 10.6. The summed E-state index contributed by atoms with van der Waals surface area (Å²) in [5.74, 6) is 0.125. The molecule has 0 aliphatic carbocycles. The number of ether oxygens (including phenoxy) is 2. The highest BCUT2D eigenvalue weighted by atomic mass is 32.2. The SMILES string of the molecule is CCOC(=O)c1cccc(NC(=O)CN(c2ccc(Oc3ccccc3)cc2)S(C)(=O)=O)c1C. The summed E-state index contributed by atoms with van der Waals surface area (Å²) in [5, 5.41) is 2.69. The van der Waals surface area contributed by atoms with Crippen molar-refractivity contribution in [2.75, 3.05) is 29.0 Å². The van der Waals surface area contributed by atoms with Crippen LogP contribution in [0.15, 0.2) is 72.8 Å². The molecular weight excluding hydrogens is 456 g/mol. The van der Waals surface area contributed by atoms with E-state index in [1.165, 1.54) is 0 Å². The van der Waals surface area contributed by atoms with Crippen LogP contribution in [0.25, 0.3) is 0 Å². The second-order valence-corrected chi connectivity index (χ2v) is 9.33. The molecule has 0 bridgehead atoms. The molecule has 0 aromatic heterocycles. The molecule has 34 heavy (non-hydrogen) atoms. The Balaban J connectivity index is 1.75. The van der Waals surface area contributed by atoms with Crippen LogP contribution in [0.3, 0.4) is 0 Å². The number of benzene rings is 3. The van der Waals surface area contributed by atoms with Gasteiger partial charge in [0, 0.05) is 5.69 Å². The molecule has 0 heterocycles. The van der Waals surface area contributed by atoms with E-state index < -0.39 is 28.4 Å². The second kappa shape index (κ2) is 10.8. The fourth-order valence-electron chi connectivity index (χ4n) is 3.23. The average molecular weight is 483 g/mol. The first-order chi connectivity index (χ1) is 16.2. The number of esters is 1. The Bertz CT molecular complexity index is 1260. The zero-order valence-corrected chi connectivity index (χ0v) is 20.0. The van der Waals surface area contributed by atoms with E-state index in [9.17, 15) is 18.0 Å². The molecule has 0 saturated carbocycles. The third-order valence-corrected chi connectivity index (χ3v) is 6.03. The van der Waals surface area contributed by atoms with Crippen LogP contribution in [0.1, 0.15) is 22.8 Å². The summed E-state index contributed by atoms with van der Waals surface area (Å²) in [4.78, 5) is 24.9. The largest absolute Gasteiger partial charge is 0.462 e. The van der Waals surface area contributed by atoms with Gasteiger partial charge in [-0.05, 0) is 67.9 Å². The minimum atomic E-state index is -3.76. The molecule has 3 aromatic carbocycles. The van der Waals surface area contributed by atoms with Crippen molar-refractivity contribution in [3.8, 4) is 11.5 Å². The first kappa shape index (κ1) is 24.8. The van der Waals surface area contributed by atoms with Crippen LogP contribution < -0.4 is 14.4 Å². The van der Waals surface area contributed by atoms with Crippen molar-refractivity contribution in [2.24, 2.45) is 0 Å². The lowest BCUT2D eigenvalue weighted by Crippen LogP contribution is -2.37. The molecule has 0 aliphatic rings. The number of rotatable bonds is 9. The number of sulfonamides is 1. The van der Waals surface area contributed by atoms with Gasteiger partial charge in [0.25, 0.3) is 0 Å². The van der Waals surface area contributed by atoms with Crippen LogP contribution in [-0.4, -0.2) is 39.7 Å². The zero-order valence-electron chi connectivity index (χ0n) is 19.1. The number of carbonyl (C=O) groups is 2. The Labute approximate surface area is 199 Å². The third-order valence-electron chi connectivity index (χ3n) is 4.89. The van der Waals surface area contributed by atoms with Crippen molar-refractivity contribution in [1.82, 2.24) is 0 Å². The molecule has 1 amide bonds. The Kier molecular flexibility index (Phi) is 7.91. The second-order valence-electron chi connectivity index (χ2n) is 7.43. The molecule has 0 spiro atoms. The van der Waals surface area contributed by atoms with E-state index >= 15 is 0 Å². The lowest BCUT2D eigenvalue weighted by atomic mass is 10.1. The van der Waals surface area contributed by atoms with E-state index in [-0.39, 0.29) is 6.61 Å². The number of para-hydroxylation sites is 1. The predicted molar refractivity (Wildman–Crippen MR) is 131 cm³/mol. The maximum Gasteiger partial charge on any atom is 0.338 e. The Morgan fingerprint density at radius 1 is 0.912 bits per heavy atom.